The molecule has 0 spiro atoms. The fourth-order valence-corrected chi connectivity index (χ4v) is 4.71. The Morgan fingerprint density at radius 2 is 1.94 bits per heavy atom. The third kappa shape index (κ3) is 3.74. The van der Waals surface area contributed by atoms with Gasteiger partial charge in [0.25, 0.3) is 11.8 Å². The van der Waals surface area contributed by atoms with Crippen molar-refractivity contribution in [2.75, 3.05) is 11.4 Å². The zero-order valence-corrected chi connectivity index (χ0v) is 18.7. The number of hydrogen-bond donors (Lipinski definition) is 2. The summed E-state index contributed by atoms with van der Waals surface area (Å²) in [4.78, 5) is 40.1. The van der Waals surface area contributed by atoms with E-state index in [1.807, 2.05) is 0 Å². The molecular weight excluding hydrogens is 487 g/mol. The van der Waals surface area contributed by atoms with Gasteiger partial charge in [0.2, 0.25) is 5.43 Å². The van der Waals surface area contributed by atoms with E-state index in [0.29, 0.717) is 18.5 Å². The van der Waals surface area contributed by atoms with Gasteiger partial charge in [-0.2, -0.15) is 0 Å². The maximum Gasteiger partial charge on any atom is 0.279 e. The molecule has 0 saturated heterocycles. The van der Waals surface area contributed by atoms with E-state index in [0.717, 1.165) is 17.7 Å². The number of pyridine rings is 1. The van der Waals surface area contributed by atoms with Crippen LogP contribution in [0.15, 0.2) is 41.3 Å². The van der Waals surface area contributed by atoms with Gasteiger partial charge in [0.1, 0.15) is 28.0 Å². The van der Waals surface area contributed by atoms with Crippen molar-refractivity contribution in [2.24, 2.45) is 0 Å². The standard InChI is InChI=1S/C24H17ClF3N3O4/c25-18-16(27)6-3-12(19(18)28)8-29-23(34)15-10-30-14-5-2-11-1-4-13(26)7-17(11)31(9-14)24(35)20(30)22(33)21(15)32/h1,3-4,6-7,10,14,33H,2,5,8-9H2,(H,29,34)/t14-/m0/s1. The van der Waals surface area contributed by atoms with Gasteiger partial charge in [0, 0.05) is 24.8 Å². The van der Waals surface area contributed by atoms with Crippen molar-refractivity contribution >= 4 is 29.1 Å². The van der Waals surface area contributed by atoms with Crippen molar-refractivity contribution < 1.29 is 27.9 Å². The minimum atomic E-state index is -1.08. The first-order valence-electron chi connectivity index (χ1n) is 10.7. The highest BCUT2D eigenvalue weighted by molar-refractivity contribution is 6.31. The molecule has 5 rings (SSSR count). The van der Waals surface area contributed by atoms with Crippen molar-refractivity contribution in [1.82, 2.24) is 9.88 Å². The van der Waals surface area contributed by atoms with Crippen LogP contribution in [-0.4, -0.2) is 28.0 Å². The average Bonchev–Trinajstić information content (AvgIpc) is 3.00. The summed E-state index contributed by atoms with van der Waals surface area (Å²) >= 11 is 5.55. The van der Waals surface area contributed by atoms with Crippen LogP contribution in [0.5, 0.6) is 5.75 Å². The zero-order valence-electron chi connectivity index (χ0n) is 17.9. The molecular formula is C24H17ClF3N3O4. The van der Waals surface area contributed by atoms with Gasteiger partial charge < -0.3 is 19.9 Å². The van der Waals surface area contributed by atoms with Crippen LogP contribution in [0.25, 0.3) is 0 Å². The van der Waals surface area contributed by atoms with E-state index >= 15 is 0 Å². The van der Waals surface area contributed by atoms with Crippen LogP contribution in [-0.2, 0) is 13.0 Å². The van der Waals surface area contributed by atoms with Gasteiger partial charge in [0.15, 0.2) is 11.4 Å². The molecule has 2 N–H and O–H groups in total. The molecule has 1 aromatic heterocycles. The largest absolute Gasteiger partial charge is 0.503 e. The summed E-state index contributed by atoms with van der Waals surface area (Å²) in [5.41, 5.74) is -0.816. The van der Waals surface area contributed by atoms with E-state index in [1.54, 1.807) is 6.07 Å². The quantitative estimate of drug-likeness (QED) is 0.533. The van der Waals surface area contributed by atoms with Crippen molar-refractivity contribution in [3.8, 4) is 5.75 Å². The number of fused-ring (bicyclic) bond motifs is 6. The van der Waals surface area contributed by atoms with Gasteiger partial charge in [-0.15, -0.1) is 0 Å². The predicted molar refractivity (Wildman–Crippen MR) is 120 cm³/mol. The number of benzene rings is 2. The maximum absolute atomic E-state index is 14.1. The normalized spacial score (nSPS) is 16.4. The minimum absolute atomic E-state index is 0.105. The van der Waals surface area contributed by atoms with E-state index in [-0.39, 0.29) is 17.8 Å². The molecule has 0 saturated carbocycles. The highest BCUT2D eigenvalue weighted by Crippen LogP contribution is 2.37. The summed E-state index contributed by atoms with van der Waals surface area (Å²) in [5.74, 6) is -5.04. The fourth-order valence-electron chi connectivity index (χ4n) is 4.52. The highest BCUT2D eigenvalue weighted by Gasteiger charge is 2.38. The number of amides is 2. The van der Waals surface area contributed by atoms with E-state index in [4.69, 9.17) is 11.6 Å². The molecule has 7 nitrogen and oxygen atoms in total. The van der Waals surface area contributed by atoms with Crippen LogP contribution < -0.4 is 15.6 Å². The molecule has 0 aliphatic carbocycles. The van der Waals surface area contributed by atoms with Crippen LogP contribution in [0.1, 0.15) is 44.4 Å². The van der Waals surface area contributed by atoms with Gasteiger partial charge >= 0.3 is 0 Å². The number of rotatable bonds is 3. The molecule has 0 fully saturated rings. The van der Waals surface area contributed by atoms with Crippen molar-refractivity contribution in [2.45, 2.75) is 25.4 Å². The summed E-state index contributed by atoms with van der Waals surface area (Å²) in [6.45, 7) is -0.241. The Bertz CT molecular complexity index is 1470. The summed E-state index contributed by atoms with van der Waals surface area (Å²) < 4.78 is 42.8. The Morgan fingerprint density at radius 3 is 2.71 bits per heavy atom. The third-order valence-corrected chi connectivity index (χ3v) is 6.68. The van der Waals surface area contributed by atoms with Crippen LogP contribution in [0.4, 0.5) is 18.9 Å². The number of anilines is 1. The Kier molecular flexibility index (Phi) is 5.55. The molecule has 0 unspecified atom stereocenters. The first-order chi connectivity index (χ1) is 16.7. The molecule has 180 valence electrons. The molecule has 2 aromatic carbocycles. The van der Waals surface area contributed by atoms with Gasteiger partial charge in [-0.25, -0.2) is 13.2 Å². The second-order valence-corrected chi connectivity index (χ2v) is 8.75. The van der Waals surface area contributed by atoms with Gasteiger partial charge in [0.05, 0.1) is 11.7 Å². The van der Waals surface area contributed by atoms with Crippen LogP contribution in [0.2, 0.25) is 5.02 Å². The summed E-state index contributed by atoms with van der Waals surface area (Å²) in [7, 11) is 0. The summed E-state index contributed by atoms with van der Waals surface area (Å²) in [6, 6.07) is 5.78. The molecule has 2 aliphatic rings. The second-order valence-electron chi connectivity index (χ2n) is 8.37. The molecule has 11 heteroatoms. The SMILES string of the molecule is O=C(NCc1ccc(F)c(Cl)c1F)c1cn2c(c(O)c1=O)C(=O)N1C[C@@H]2CCc2ccc(F)cc21. The van der Waals surface area contributed by atoms with E-state index < -0.39 is 63.6 Å². The number of carbonyl (C=O) groups is 2. The number of aromatic hydroxyl groups is 1. The lowest BCUT2D eigenvalue weighted by molar-refractivity contribution is 0.0929. The molecule has 0 radical (unpaired) electrons. The molecule has 1 atom stereocenters. The molecule has 3 heterocycles. The average molecular weight is 504 g/mol. The molecule has 2 amide bonds. The van der Waals surface area contributed by atoms with Crippen LogP contribution in [0, 0.1) is 17.5 Å². The minimum Gasteiger partial charge on any atom is -0.503 e. The molecule has 2 bridgehead atoms. The van der Waals surface area contributed by atoms with Gasteiger partial charge in [-0.3, -0.25) is 14.4 Å². The smallest absolute Gasteiger partial charge is 0.279 e. The second kappa shape index (κ2) is 8.46. The number of aromatic nitrogens is 1. The Hall–Kier alpha value is -3.79. The first kappa shape index (κ1) is 23.0. The molecule has 3 aromatic rings. The fraction of sp³-hybridized carbons (Fsp3) is 0.208. The maximum atomic E-state index is 14.1. The molecule has 2 aliphatic heterocycles. The van der Waals surface area contributed by atoms with Crippen molar-refractivity contribution in [1.29, 1.82) is 0 Å². The third-order valence-electron chi connectivity index (χ3n) is 6.33. The summed E-state index contributed by atoms with van der Waals surface area (Å²) in [5, 5.41) is 12.3. The van der Waals surface area contributed by atoms with Gasteiger partial charge in [-0.05, 0) is 36.6 Å². The topological polar surface area (TPSA) is 91.6 Å². The number of nitrogens with one attached hydrogen (secondary N) is 1. The lowest BCUT2D eigenvalue weighted by atomic mass is 10.0. The predicted octanol–water partition coefficient (Wildman–Crippen LogP) is 3.70. The number of hydrogen-bond acceptors (Lipinski definition) is 4. The zero-order chi connectivity index (χ0) is 25.0. The highest BCUT2D eigenvalue weighted by atomic mass is 35.5. The van der Waals surface area contributed by atoms with E-state index in [9.17, 15) is 32.7 Å². The summed E-state index contributed by atoms with van der Waals surface area (Å²) in [6.07, 6.45) is 2.19. The number of nitrogens with zero attached hydrogens (tertiary/aromatic N) is 2. The number of aryl methyl sites for hydroxylation is 1. The van der Waals surface area contributed by atoms with Crippen molar-refractivity contribution in [3.63, 3.8) is 0 Å². The molecule has 35 heavy (non-hydrogen) atoms. The van der Waals surface area contributed by atoms with E-state index in [1.165, 1.54) is 27.8 Å². The van der Waals surface area contributed by atoms with Crippen LogP contribution in [0.3, 0.4) is 0 Å². The first-order valence-corrected chi connectivity index (χ1v) is 11.0. The number of carbonyl (C=O) groups excluding carboxylic acids is 2. The lowest BCUT2D eigenvalue weighted by Gasteiger charge is -2.35. The Morgan fingerprint density at radius 1 is 1.17 bits per heavy atom. The number of halogens is 4. The van der Waals surface area contributed by atoms with E-state index in [2.05, 4.69) is 5.32 Å². The van der Waals surface area contributed by atoms with Crippen molar-refractivity contribution in [3.05, 3.63) is 91.6 Å². The van der Waals surface area contributed by atoms with Gasteiger partial charge in [-0.1, -0.05) is 23.7 Å². The monoisotopic (exact) mass is 503 g/mol. The Labute approximate surface area is 201 Å². The van der Waals surface area contributed by atoms with Crippen LogP contribution >= 0.6 is 11.6 Å². The lowest BCUT2D eigenvalue weighted by Crippen LogP contribution is -2.44. The Balaban J connectivity index is 1.50.